The number of carboxylic acid groups (broad SMARTS) is 8. The van der Waals surface area contributed by atoms with Crippen LogP contribution in [0.4, 0.5) is 0 Å². The fraction of sp³-hybridized carbons (Fsp3) is 0.577. The van der Waals surface area contributed by atoms with E-state index < -0.39 is 160 Å². The first-order valence-corrected chi connectivity index (χ1v) is 14.2. The maximum Gasteiger partial charge on any atom is 2.00 e. The predicted molar refractivity (Wildman–Crippen MR) is 158 cm³/mol. The number of nitrogens with one attached hydrogen (secondary N) is 4. The van der Waals surface area contributed by atoms with Crippen molar-refractivity contribution in [1.29, 1.82) is 0 Å². The largest absolute Gasteiger partial charge is 2.00 e. The second-order valence-corrected chi connectivity index (χ2v) is 10.4. The second kappa shape index (κ2) is 39.0. The zero-order valence-corrected chi connectivity index (χ0v) is 41.0. The van der Waals surface area contributed by atoms with Crippen molar-refractivity contribution in [3.63, 3.8) is 0 Å². The van der Waals surface area contributed by atoms with E-state index in [2.05, 4.69) is 16.0 Å². The van der Waals surface area contributed by atoms with Crippen LogP contribution in [-0.4, -0.2) is 222 Å². The van der Waals surface area contributed by atoms with Gasteiger partial charge in [-0.1, -0.05) is 0 Å². The summed E-state index contributed by atoms with van der Waals surface area (Å²) >= 11 is 0. The zero-order chi connectivity index (χ0) is 40.0. The summed E-state index contributed by atoms with van der Waals surface area (Å²) in [5, 5.41) is 92.8. The fourth-order valence-corrected chi connectivity index (χ4v) is 3.66. The number of hydrogen-bond donors (Lipinski definition) is 6. The standard InChI is InChI=1S/C14H21N3O10.C12H19N3O9.3Ca.2Na/c15-7(3-11(21)22)13(25)16-5-6(2-10(19)20)1-9(18)17-8(14(26)27)4-12(23)24;13-6(2-9(18)19)11(22)14-4-5(1-8(16)17)15-7(12(23)24)3-10(20)21;;;;;/h6-8H,1-5,15H2,(H,16,25)(H,17,18)(H,19,20)(H,21,22)(H,23,24)(H,26,27);5-7,15H,1-4,13H2,(H,14,22)(H,16,17)(H,18,19)(H,20,21)(H,23,24);;;;;/q;;3*+2;2*+1/p-8. The molecule has 0 radical (unpaired) electrons. The Labute approximate surface area is 451 Å². The Morgan fingerprint density at radius 3 is 1.12 bits per heavy atom. The van der Waals surface area contributed by atoms with Crippen molar-refractivity contribution in [3.8, 4) is 0 Å². The SMILES string of the molecule is NC(CC(=O)[O-])C(=O)NCC(CC(=O)[O-])CC(=O)NC(CC(=O)[O-])C(=O)[O-].NC(CC(=O)[O-])C(=O)NCC(CC(=O)[O-])NC(CC(=O)[O-])C(=O)[O-].[Ca+2].[Ca+2].[Ca+2].[Na+].[Na+]. The van der Waals surface area contributed by atoms with Crippen molar-refractivity contribution >= 4 is 179 Å². The van der Waals surface area contributed by atoms with Gasteiger partial charge in [-0.15, -0.1) is 0 Å². The second-order valence-electron chi connectivity index (χ2n) is 10.4. The summed E-state index contributed by atoms with van der Waals surface area (Å²) in [5.41, 5.74) is 10.5. The van der Waals surface area contributed by atoms with Crippen LogP contribution < -0.4 is 133 Å². The molecule has 56 heavy (non-hydrogen) atoms. The molecule has 6 unspecified atom stereocenters. The van der Waals surface area contributed by atoms with Crippen LogP contribution in [0.1, 0.15) is 44.9 Å². The average molecular weight is 899 g/mol. The van der Waals surface area contributed by atoms with E-state index >= 15 is 0 Å². The molecule has 0 aromatic heterocycles. The van der Waals surface area contributed by atoms with Crippen LogP contribution in [0.3, 0.4) is 0 Å². The third kappa shape index (κ3) is 39.3. The van der Waals surface area contributed by atoms with Gasteiger partial charge < -0.3 is 112 Å². The van der Waals surface area contributed by atoms with Crippen molar-refractivity contribution in [2.45, 2.75) is 75.2 Å². The quantitative estimate of drug-likeness (QED) is 0.0463. The van der Waals surface area contributed by atoms with E-state index in [0.717, 1.165) is 0 Å². The number of carboxylic acids is 8. The van der Waals surface area contributed by atoms with Crippen LogP contribution in [0.15, 0.2) is 0 Å². The number of rotatable bonds is 25. The van der Waals surface area contributed by atoms with Crippen LogP contribution in [0.5, 0.6) is 0 Å². The van der Waals surface area contributed by atoms with Gasteiger partial charge in [-0.05, 0) is 12.3 Å². The van der Waals surface area contributed by atoms with Gasteiger partial charge in [0, 0.05) is 93.5 Å². The minimum absolute atomic E-state index is 0. The van der Waals surface area contributed by atoms with Crippen LogP contribution in [-0.2, 0) is 52.7 Å². The van der Waals surface area contributed by atoms with Gasteiger partial charge in [0.25, 0.3) is 0 Å². The van der Waals surface area contributed by atoms with Gasteiger partial charge >= 0.3 is 172 Å². The first-order chi connectivity index (χ1) is 23.4. The Kier molecular flexibility index (Phi) is 49.0. The Balaban J connectivity index is -0.000000158. The molecular weight excluding hydrogens is 867 g/mol. The molecular formula is C26H32Ca3N6Na2O19. The summed E-state index contributed by atoms with van der Waals surface area (Å²) in [6.07, 6.45) is -5.71. The summed E-state index contributed by atoms with van der Waals surface area (Å²) in [7, 11) is 0. The smallest absolute Gasteiger partial charge is 0.550 e. The molecule has 0 rings (SSSR count). The number of amides is 3. The molecule has 0 saturated heterocycles. The molecule has 0 aromatic rings. The third-order valence-corrected chi connectivity index (χ3v) is 5.96. The molecule has 0 spiro atoms. The normalized spacial score (nSPS) is 12.7. The van der Waals surface area contributed by atoms with Crippen LogP contribution in [0.2, 0.25) is 0 Å². The maximum absolute atomic E-state index is 11.8. The molecule has 288 valence electrons. The topological polar surface area (TPSA) is 472 Å². The van der Waals surface area contributed by atoms with Crippen molar-refractivity contribution < 1.29 is 153 Å². The first kappa shape index (κ1) is 70.4. The third-order valence-electron chi connectivity index (χ3n) is 5.96. The van der Waals surface area contributed by atoms with E-state index in [1.54, 1.807) is 0 Å². The number of carbonyl (C=O) groups is 11. The van der Waals surface area contributed by atoms with Gasteiger partial charge in [-0.3, -0.25) is 14.4 Å². The Morgan fingerprint density at radius 2 is 0.786 bits per heavy atom. The van der Waals surface area contributed by atoms with Gasteiger partial charge in [0.15, 0.2) is 0 Å². The predicted octanol–water partition coefficient (Wildman–Crippen LogP) is -23.1. The van der Waals surface area contributed by atoms with E-state index in [1.807, 2.05) is 5.32 Å². The van der Waals surface area contributed by atoms with E-state index in [0.29, 0.717) is 0 Å². The molecule has 0 aromatic carbocycles. The molecule has 3 amide bonds. The van der Waals surface area contributed by atoms with Crippen molar-refractivity contribution in [3.05, 3.63) is 0 Å². The molecule has 8 N–H and O–H groups in total. The zero-order valence-electron chi connectivity index (χ0n) is 30.4. The minimum atomic E-state index is -1.89. The van der Waals surface area contributed by atoms with E-state index in [4.69, 9.17) is 11.5 Å². The molecule has 0 aliphatic heterocycles. The van der Waals surface area contributed by atoms with Gasteiger partial charge in [-0.25, -0.2) is 0 Å². The maximum atomic E-state index is 11.8. The minimum Gasteiger partial charge on any atom is -0.550 e. The monoisotopic (exact) mass is 898 g/mol. The molecule has 30 heteroatoms. The van der Waals surface area contributed by atoms with E-state index in [9.17, 15) is 93.6 Å². The van der Waals surface area contributed by atoms with Crippen molar-refractivity contribution in [2.75, 3.05) is 13.1 Å². The molecule has 6 atom stereocenters. The number of carbonyl (C=O) groups excluding carboxylic acids is 11. The molecule has 0 aliphatic carbocycles. The summed E-state index contributed by atoms with van der Waals surface area (Å²) in [5.74, 6) is -17.5. The summed E-state index contributed by atoms with van der Waals surface area (Å²) in [6.45, 7) is -0.901. The van der Waals surface area contributed by atoms with Crippen LogP contribution in [0, 0.1) is 5.92 Å². The molecule has 0 bridgehead atoms. The molecule has 0 heterocycles. The number of nitrogens with two attached hydrogens (primary N) is 2. The summed E-state index contributed by atoms with van der Waals surface area (Å²) in [4.78, 5) is 119. The number of hydrogen-bond acceptors (Lipinski definition) is 22. The van der Waals surface area contributed by atoms with Gasteiger partial charge in [0.2, 0.25) is 17.7 Å². The molecule has 0 fully saturated rings. The molecule has 0 saturated carbocycles. The summed E-state index contributed by atoms with van der Waals surface area (Å²) < 4.78 is 0. The number of aliphatic carboxylic acids is 8. The Bertz CT molecular complexity index is 1340. The van der Waals surface area contributed by atoms with E-state index in [1.165, 1.54) is 0 Å². The van der Waals surface area contributed by atoms with Crippen molar-refractivity contribution in [1.82, 2.24) is 21.3 Å². The Morgan fingerprint density at radius 1 is 0.446 bits per heavy atom. The average Bonchev–Trinajstić information content (AvgIpc) is 2.96. The van der Waals surface area contributed by atoms with Crippen LogP contribution >= 0.6 is 0 Å². The molecule has 25 nitrogen and oxygen atoms in total. The first-order valence-electron chi connectivity index (χ1n) is 14.2. The van der Waals surface area contributed by atoms with E-state index in [-0.39, 0.29) is 172 Å². The Hall–Kier alpha value is -0.171. The molecule has 0 aliphatic rings. The fourth-order valence-electron chi connectivity index (χ4n) is 3.66. The summed E-state index contributed by atoms with van der Waals surface area (Å²) in [6, 6.07) is -7.82. The van der Waals surface area contributed by atoms with Crippen LogP contribution in [0.25, 0.3) is 0 Å². The van der Waals surface area contributed by atoms with Gasteiger partial charge in [0.05, 0.1) is 36.1 Å². The van der Waals surface area contributed by atoms with Crippen molar-refractivity contribution in [2.24, 2.45) is 17.4 Å². The van der Waals surface area contributed by atoms with Gasteiger partial charge in [-0.2, -0.15) is 0 Å². The van der Waals surface area contributed by atoms with Gasteiger partial charge in [0.1, 0.15) is 0 Å².